The zero-order chi connectivity index (χ0) is 30.1. The van der Waals surface area contributed by atoms with Crippen LogP contribution >= 0.6 is 0 Å². The van der Waals surface area contributed by atoms with Crippen molar-refractivity contribution in [1.82, 2.24) is 4.90 Å². The number of hydrogen-bond donors (Lipinski definition) is 3. The number of alkyl halides is 3. The molecule has 218 valence electrons. The number of aliphatic carboxylic acids is 1. The Labute approximate surface area is 228 Å². The van der Waals surface area contributed by atoms with E-state index in [4.69, 9.17) is 24.6 Å². The van der Waals surface area contributed by atoms with E-state index < -0.39 is 28.1 Å². The molecule has 3 N–H and O–H groups in total. The highest BCUT2D eigenvalue weighted by Crippen LogP contribution is 2.33. The van der Waals surface area contributed by atoms with Crippen molar-refractivity contribution in [3.8, 4) is 17.6 Å². The van der Waals surface area contributed by atoms with Crippen molar-refractivity contribution < 1.29 is 50.9 Å². The van der Waals surface area contributed by atoms with Gasteiger partial charge in [-0.05, 0) is 30.3 Å². The van der Waals surface area contributed by atoms with Crippen molar-refractivity contribution in [3.63, 3.8) is 0 Å². The fraction of sp³-hybridized carbons (Fsp3) is 0.375. The first-order valence-corrected chi connectivity index (χ1v) is 13.0. The number of halogens is 3. The average molecular weight is 589 g/mol. The number of methoxy groups -OCH3 is 2. The monoisotopic (exact) mass is 588 g/mol. The van der Waals surface area contributed by atoms with E-state index in [-0.39, 0.29) is 21.9 Å². The van der Waals surface area contributed by atoms with Crippen LogP contribution < -0.4 is 19.1 Å². The molecule has 1 heterocycles. The van der Waals surface area contributed by atoms with Crippen LogP contribution in [-0.4, -0.2) is 88.6 Å². The van der Waals surface area contributed by atoms with Crippen molar-refractivity contribution >= 4 is 33.3 Å². The van der Waals surface area contributed by atoms with Crippen LogP contribution in [-0.2, 0) is 14.8 Å². The molecule has 0 radical (unpaired) electrons. The lowest BCUT2D eigenvalue weighted by atomic mass is 10.1. The second kappa shape index (κ2) is 13.7. The topological polar surface area (TPSA) is 169 Å². The predicted octanol–water partition coefficient (Wildman–Crippen LogP) is 2.87. The largest absolute Gasteiger partial charge is 0.493 e. The lowest BCUT2D eigenvalue weighted by Gasteiger charge is -2.36. The maximum Gasteiger partial charge on any atom is 0.490 e. The van der Waals surface area contributed by atoms with Gasteiger partial charge < -0.3 is 24.6 Å². The Morgan fingerprint density at radius 3 is 2.12 bits per heavy atom. The molecular weight excluding hydrogens is 561 g/mol. The molecule has 0 saturated carbocycles. The van der Waals surface area contributed by atoms with Gasteiger partial charge in [-0.25, -0.2) is 18.0 Å². The van der Waals surface area contributed by atoms with E-state index in [1.54, 1.807) is 6.07 Å². The summed E-state index contributed by atoms with van der Waals surface area (Å²) in [7, 11) is -1.19. The SMILES string of the molecule is COc1ccc(S(=O)(=O)Nc2cc(C(=O)O)ccc2N2CCN(CCC#N)CC2)cc1OC.O=C(O)C(F)(F)F. The molecule has 0 bridgehead atoms. The lowest BCUT2D eigenvalue weighted by Crippen LogP contribution is -2.46. The van der Waals surface area contributed by atoms with Crippen LogP contribution in [0.15, 0.2) is 41.3 Å². The van der Waals surface area contributed by atoms with Crippen LogP contribution in [0.4, 0.5) is 24.5 Å². The van der Waals surface area contributed by atoms with Gasteiger partial charge in [0.15, 0.2) is 11.5 Å². The van der Waals surface area contributed by atoms with Crippen LogP contribution in [0.25, 0.3) is 0 Å². The molecule has 1 aliphatic rings. The molecule has 1 aliphatic heterocycles. The van der Waals surface area contributed by atoms with Gasteiger partial charge in [0.05, 0.1) is 42.1 Å². The Morgan fingerprint density at radius 2 is 1.62 bits per heavy atom. The first-order valence-electron chi connectivity index (χ1n) is 11.5. The molecule has 1 saturated heterocycles. The number of ether oxygens (including phenoxy) is 2. The maximum absolute atomic E-state index is 13.1. The average Bonchev–Trinajstić information content (AvgIpc) is 2.91. The molecule has 3 rings (SSSR count). The summed E-state index contributed by atoms with van der Waals surface area (Å²) in [6, 6.07) is 10.7. The molecule has 12 nitrogen and oxygen atoms in total. The van der Waals surface area contributed by atoms with Gasteiger partial charge in [-0.1, -0.05) is 0 Å². The summed E-state index contributed by atoms with van der Waals surface area (Å²) in [6.07, 6.45) is -4.64. The number of nitrogens with zero attached hydrogens (tertiary/aromatic N) is 3. The Balaban J connectivity index is 0.000000708. The van der Waals surface area contributed by atoms with Gasteiger partial charge in [0, 0.05) is 45.2 Å². The van der Waals surface area contributed by atoms with E-state index in [9.17, 15) is 31.5 Å². The smallest absolute Gasteiger partial charge is 0.490 e. The fourth-order valence-corrected chi connectivity index (χ4v) is 4.71. The number of nitriles is 1. The summed E-state index contributed by atoms with van der Waals surface area (Å²) in [4.78, 5) is 24.5. The summed E-state index contributed by atoms with van der Waals surface area (Å²) in [6.45, 7) is 3.33. The van der Waals surface area contributed by atoms with E-state index >= 15 is 0 Å². The molecule has 1 fully saturated rings. The highest BCUT2D eigenvalue weighted by molar-refractivity contribution is 7.92. The Hall–Kier alpha value is -4.23. The number of carbonyl (C=O) groups is 2. The van der Waals surface area contributed by atoms with E-state index in [1.165, 1.54) is 44.6 Å². The summed E-state index contributed by atoms with van der Waals surface area (Å²) in [5.74, 6) is -3.27. The quantitative estimate of drug-likeness (QED) is 0.394. The number of anilines is 2. The highest BCUT2D eigenvalue weighted by Gasteiger charge is 2.38. The highest BCUT2D eigenvalue weighted by atomic mass is 32.2. The lowest BCUT2D eigenvalue weighted by molar-refractivity contribution is -0.192. The zero-order valence-electron chi connectivity index (χ0n) is 21.4. The van der Waals surface area contributed by atoms with Gasteiger partial charge in [-0.2, -0.15) is 18.4 Å². The van der Waals surface area contributed by atoms with Gasteiger partial charge in [-0.3, -0.25) is 9.62 Å². The molecular formula is C24H27F3N4O8S. The number of sulfonamides is 1. The standard InChI is InChI=1S/C22H26N4O6S.C2HF3O2/c1-31-20-7-5-17(15-21(20)32-2)33(29,30)24-18-14-16(22(27)28)4-6-19(18)26-12-10-25(11-13-26)9-3-8-23;3-2(4,5)1(6)7/h4-7,14-15,24H,3,9-13H2,1-2H3,(H,27,28);(H,6,7). The van der Waals surface area contributed by atoms with Crippen molar-refractivity contribution in [2.75, 3.05) is 56.6 Å². The van der Waals surface area contributed by atoms with Gasteiger partial charge in [0.25, 0.3) is 10.0 Å². The van der Waals surface area contributed by atoms with Crippen molar-refractivity contribution in [2.24, 2.45) is 0 Å². The number of aromatic carboxylic acids is 1. The Bertz CT molecular complexity index is 1350. The third-order valence-electron chi connectivity index (χ3n) is 5.65. The second-order valence-electron chi connectivity index (χ2n) is 8.20. The Morgan fingerprint density at radius 1 is 1.02 bits per heavy atom. The van der Waals surface area contributed by atoms with Crippen molar-refractivity contribution in [3.05, 3.63) is 42.0 Å². The van der Waals surface area contributed by atoms with Crippen LogP contribution in [0.3, 0.4) is 0 Å². The predicted molar refractivity (Wildman–Crippen MR) is 136 cm³/mol. The molecule has 0 amide bonds. The third kappa shape index (κ3) is 8.64. The van der Waals surface area contributed by atoms with E-state index in [1.807, 2.05) is 4.90 Å². The first-order chi connectivity index (χ1) is 18.7. The summed E-state index contributed by atoms with van der Waals surface area (Å²) >= 11 is 0. The second-order valence-corrected chi connectivity index (χ2v) is 9.88. The minimum atomic E-state index is -5.08. The third-order valence-corrected chi connectivity index (χ3v) is 7.01. The number of rotatable bonds is 9. The molecule has 2 aromatic carbocycles. The number of piperazine rings is 1. The van der Waals surface area contributed by atoms with Crippen LogP contribution in [0.5, 0.6) is 11.5 Å². The molecule has 0 aliphatic carbocycles. The van der Waals surface area contributed by atoms with E-state index in [0.29, 0.717) is 50.6 Å². The molecule has 0 aromatic heterocycles. The van der Waals surface area contributed by atoms with E-state index in [2.05, 4.69) is 15.7 Å². The van der Waals surface area contributed by atoms with Crippen molar-refractivity contribution in [2.45, 2.75) is 17.5 Å². The minimum Gasteiger partial charge on any atom is -0.493 e. The van der Waals surface area contributed by atoms with Crippen LogP contribution in [0, 0.1) is 11.3 Å². The first kappa shape index (κ1) is 32.0. The van der Waals surface area contributed by atoms with E-state index in [0.717, 1.165) is 0 Å². The van der Waals surface area contributed by atoms with Gasteiger partial charge in [-0.15, -0.1) is 0 Å². The van der Waals surface area contributed by atoms with Crippen LogP contribution in [0.2, 0.25) is 0 Å². The van der Waals surface area contributed by atoms with Gasteiger partial charge in [0.2, 0.25) is 0 Å². The number of benzene rings is 2. The molecule has 2 aromatic rings. The number of hydrogen-bond acceptors (Lipinski definition) is 9. The zero-order valence-corrected chi connectivity index (χ0v) is 22.3. The fourth-order valence-electron chi connectivity index (χ4n) is 3.63. The Kier molecular flexibility index (Phi) is 11.0. The van der Waals surface area contributed by atoms with Crippen LogP contribution in [0.1, 0.15) is 16.8 Å². The molecule has 0 atom stereocenters. The van der Waals surface area contributed by atoms with Gasteiger partial charge >= 0.3 is 18.1 Å². The maximum atomic E-state index is 13.1. The summed E-state index contributed by atoms with van der Waals surface area (Å²) in [5, 5.41) is 25.3. The molecule has 40 heavy (non-hydrogen) atoms. The molecule has 16 heteroatoms. The summed E-state index contributed by atoms with van der Waals surface area (Å²) < 4.78 is 70.9. The summed E-state index contributed by atoms with van der Waals surface area (Å²) in [5.41, 5.74) is 0.732. The van der Waals surface area contributed by atoms with Crippen molar-refractivity contribution in [1.29, 1.82) is 5.26 Å². The minimum absolute atomic E-state index is 0.0311. The normalized spacial score (nSPS) is 13.8. The number of nitrogens with one attached hydrogen (secondary N) is 1. The van der Waals surface area contributed by atoms with Gasteiger partial charge in [0.1, 0.15) is 0 Å². The number of carboxylic acids is 2. The number of carboxylic acid groups (broad SMARTS) is 2. The molecule has 0 spiro atoms. The molecule has 0 unspecified atom stereocenters.